The molecule has 2 heterocycles. The van der Waals surface area contributed by atoms with Gasteiger partial charge >= 0.3 is 34.1 Å². The molecule has 0 spiro atoms. The molecule has 352 valence electrons. The van der Waals surface area contributed by atoms with E-state index in [4.69, 9.17) is 76.9 Å². The van der Waals surface area contributed by atoms with Crippen LogP contribution in [0.3, 0.4) is 0 Å². The van der Waals surface area contributed by atoms with Crippen molar-refractivity contribution >= 4 is 23.9 Å². The van der Waals surface area contributed by atoms with E-state index in [0.29, 0.717) is 0 Å². The van der Waals surface area contributed by atoms with Crippen LogP contribution in [0.4, 0.5) is 0 Å². The second-order valence-electron chi connectivity index (χ2n) is 10.1. The third kappa shape index (κ3) is 221. The predicted octanol–water partition coefficient (Wildman–Crippen LogP) is -17.9. The van der Waals surface area contributed by atoms with Gasteiger partial charge in [-0.2, -0.15) is 0 Å². The first-order valence-electron chi connectivity index (χ1n) is 16.5. The minimum absolute atomic E-state index is 0. The Labute approximate surface area is 365 Å². The standard InChI is InChI=1S/2C10H24N4.4C2H4O2.2ClHO4.2Mn.2H2O/c2*1-3-11-7-9-13-5-2-6-14-10-8-12-4-1;4*1-2(3)4;2*2-1(3,4)5;;;;/h2*11-14H,1-10H2;4*1H3,(H,3,4);2*(H,2,3,4,5);;;2*1H2/q;;;;;;;;2*+3;;/p-6. The quantitative estimate of drug-likeness (QED) is 0.104. The number of aliphatic carboxylic acids is 4. The van der Waals surface area contributed by atoms with Crippen LogP contribution in [-0.2, 0) is 53.3 Å². The van der Waals surface area contributed by atoms with Gasteiger partial charge in [-0.15, -0.1) is 20.5 Å². The van der Waals surface area contributed by atoms with Crippen molar-refractivity contribution in [2.45, 2.75) is 53.4 Å². The van der Waals surface area contributed by atoms with Gasteiger partial charge in [0.25, 0.3) is 0 Å². The van der Waals surface area contributed by atoms with E-state index in [-0.39, 0.29) is 45.1 Å². The van der Waals surface area contributed by atoms with Gasteiger partial charge in [0, 0.05) is 76.2 Å². The van der Waals surface area contributed by atoms with Crippen molar-refractivity contribution in [2.24, 2.45) is 0 Å². The summed E-state index contributed by atoms with van der Waals surface area (Å²) in [6.45, 7) is 21.6. The SMILES string of the molecule is C1CNCCNCCCNCCNC1.C1CNCCNCCCNCCNC1.CC(=O)[O-].CC(=O)[O-].CC(=O)[O-].CC(=O)[O-].O.O.[Mn+3].[Mn+3].[O-][Cl+3]([O-])([O-])[O-].[O-][Cl+3]([O-])([O-])[O-]. The zero-order valence-corrected chi connectivity index (χ0v) is 37.1. The van der Waals surface area contributed by atoms with E-state index < -0.39 is 44.4 Å². The summed E-state index contributed by atoms with van der Waals surface area (Å²) < 4.78 is 67.9. The van der Waals surface area contributed by atoms with Crippen LogP contribution in [0.2, 0.25) is 0 Å². The molecule has 2 fully saturated rings. The monoisotopic (exact) mass is 980 g/mol. The van der Waals surface area contributed by atoms with Crippen LogP contribution in [0.5, 0.6) is 0 Å². The molecule has 0 bridgehead atoms. The molecule has 0 aliphatic carbocycles. The molecule has 0 atom stereocenters. The van der Waals surface area contributed by atoms with Crippen LogP contribution in [-0.4, -0.2) is 140 Å². The number of hydrogen-bond acceptors (Lipinski definition) is 24. The molecule has 30 heteroatoms. The molecule has 0 amide bonds. The number of carboxylic acid groups (broad SMARTS) is 4. The smallest absolute Gasteiger partial charge is 0.550 e. The van der Waals surface area contributed by atoms with Gasteiger partial charge in [0.1, 0.15) is 0 Å². The van der Waals surface area contributed by atoms with Gasteiger partial charge in [0.2, 0.25) is 0 Å². The van der Waals surface area contributed by atoms with E-state index in [1.165, 1.54) is 25.7 Å². The second-order valence-corrected chi connectivity index (χ2v) is 11.6. The van der Waals surface area contributed by atoms with Gasteiger partial charge in [0.15, 0.2) is 0 Å². The first-order chi connectivity index (χ1) is 24.9. The van der Waals surface area contributed by atoms with Crippen LogP contribution < -0.4 is 100 Å². The Bertz CT molecular complexity index is 612. The van der Waals surface area contributed by atoms with E-state index in [2.05, 4.69) is 42.5 Å². The summed E-state index contributed by atoms with van der Waals surface area (Å²) in [5.74, 6) is -4.33. The predicted molar refractivity (Wildman–Crippen MR) is 171 cm³/mol. The Morgan fingerprint density at radius 2 is 0.379 bits per heavy atom. The summed E-state index contributed by atoms with van der Waals surface area (Å²) in [6, 6.07) is 0. The number of carbonyl (C=O) groups excluding carboxylic acids is 4. The van der Waals surface area contributed by atoms with E-state index in [0.717, 1.165) is 132 Å². The Morgan fingerprint density at radius 3 is 0.448 bits per heavy atom. The molecule has 2 saturated heterocycles. The van der Waals surface area contributed by atoms with Crippen molar-refractivity contribution in [1.29, 1.82) is 0 Å². The summed E-state index contributed by atoms with van der Waals surface area (Å²) in [5, 5.41) is 62.9. The molecular weight excluding hydrogens is 917 g/mol. The zero-order valence-electron chi connectivity index (χ0n) is 33.2. The fourth-order valence-electron chi connectivity index (χ4n) is 3.06. The first kappa shape index (κ1) is 80.7. The molecule has 12 N–H and O–H groups in total. The van der Waals surface area contributed by atoms with Gasteiger partial charge in [-0.05, 0) is 106 Å². The van der Waals surface area contributed by atoms with Crippen LogP contribution in [0.1, 0.15) is 53.4 Å². The minimum atomic E-state index is -4.94. The minimum Gasteiger partial charge on any atom is -0.550 e. The first-order valence-corrected chi connectivity index (χ1v) is 19.0. The number of rotatable bonds is 0. The fourth-order valence-corrected chi connectivity index (χ4v) is 3.06. The van der Waals surface area contributed by atoms with Crippen molar-refractivity contribution in [3.8, 4) is 0 Å². The van der Waals surface area contributed by atoms with Gasteiger partial charge in [-0.3, -0.25) is 0 Å². The van der Waals surface area contributed by atoms with E-state index in [1.54, 1.807) is 0 Å². The topological polar surface area (TPSA) is 504 Å². The molecular formula is C28H64Cl2Mn2N8O18. The summed E-state index contributed by atoms with van der Waals surface area (Å²) in [5.41, 5.74) is 0. The molecule has 0 aromatic rings. The molecule has 0 aromatic carbocycles. The third-order valence-electron chi connectivity index (χ3n) is 4.74. The fraction of sp³-hybridized carbons (Fsp3) is 0.857. The maximum absolute atomic E-state index is 8.89. The molecule has 0 aromatic heterocycles. The van der Waals surface area contributed by atoms with Crippen LogP contribution in [0, 0.1) is 20.5 Å². The van der Waals surface area contributed by atoms with Crippen LogP contribution in [0.15, 0.2) is 0 Å². The third-order valence-corrected chi connectivity index (χ3v) is 4.74. The normalized spacial score (nSPS) is 15.4. The van der Waals surface area contributed by atoms with Gasteiger partial charge in [0.05, 0.1) is 0 Å². The van der Waals surface area contributed by atoms with Crippen molar-refractivity contribution in [1.82, 2.24) is 42.5 Å². The Morgan fingerprint density at radius 1 is 0.310 bits per heavy atom. The molecule has 2 rings (SSSR count). The van der Waals surface area contributed by atoms with E-state index >= 15 is 0 Å². The van der Waals surface area contributed by atoms with Crippen molar-refractivity contribution in [3.05, 3.63) is 0 Å². The number of hydrogen-bond donors (Lipinski definition) is 8. The molecule has 2 aliphatic heterocycles. The summed E-state index contributed by atoms with van der Waals surface area (Å²) in [6.07, 6.45) is 4.89. The molecule has 0 unspecified atom stereocenters. The maximum atomic E-state index is 8.89. The number of carboxylic acids is 4. The van der Waals surface area contributed by atoms with Crippen molar-refractivity contribution < 1.29 is 142 Å². The summed E-state index contributed by atoms with van der Waals surface area (Å²) >= 11 is 0. The molecule has 58 heavy (non-hydrogen) atoms. The molecule has 26 nitrogen and oxygen atoms in total. The Hall–Kier alpha value is -1.22. The number of halogens is 2. The Kier molecular flexibility index (Phi) is 90.4. The summed E-state index contributed by atoms with van der Waals surface area (Å²) in [4.78, 5) is 35.6. The zero-order chi connectivity index (χ0) is 43.1. The van der Waals surface area contributed by atoms with Crippen molar-refractivity contribution in [2.75, 3.05) is 105 Å². The van der Waals surface area contributed by atoms with Gasteiger partial charge < -0.3 is 93.1 Å². The number of carbonyl (C=O) groups is 4. The molecule has 0 saturated carbocycles. The van der Waals surface area contributed by atoms with E-state index in [9.17, 15) is 0 Å². The maximum Gasteiger partial charge on any atom is 3.00 e. The molecule has 2 aliphatic rings. The van der Waals surface area contributed by atoms with E-state index in [1.807, 2.05) is 0 Å². The van der Waals surface area contributed by atoms with Crippen LogP contribution in [0.25, 0.3) is 0 Å². The molecule has 0 radical (unpaired) electrons. The number of nitrogens with one attached hydrogen (secondary N) is 8. The largest absolute Gasteiger partial charge is 3.00 e. The van der Waals surface area contributed by atoms with Crippen LogP contribution >= 0.6 is 0 Å². The van der Waals surface area contributed by atoms with Gasteiger partial charge in [-0.1, -0.05) is 0 Å². The second kappa shape index (κ2) is 64.9. The Balaban J connectivity index is -0.0000000606. The van der Waals surface area contributed by atoms with Crippen molar-refractivity contribution in [3.63, 3.8) is 0 Å². The average molecular weight is 982 g/mol. The summed E-state index contributed by atoms with van der Waals surface area (Å²) in [7, 11) is -9.89. The average Bonchev–Trinajstić information content (AvgIpc) is 2.97. The van der Waals surface area contributed by atoms with Gasteiger partial charge in [-0.25, -0.2) is 37.3 Å².